The fourth-order valence-corrected chi connectivity index (χ4v) is 1.37. The third-order valence-electron chi connectivity index (χ3n) is 0.492. The van der Waals surface area contributed by atoms with E-state index in [1.54, 1.807) is 23.5 Å². The van der Waals surface area contributed by atoms with Gasteiger partial charge < -0.3 is 0 Å². The third-order valence-corrected chi connectivity index (χ3v) is 3.54. The maximum Gasteiger partial charge on any atom is 0.0935 e. The molecule has 0 saturated carbocycles. The highest BCUT2D eigenvalue weighted by molar-refractivity contribution is 8.27. The van der Waals surface area contributed by atoms with E-state index in [-0.39, 0.29) is 3.91 Å². The molecule has 1 nitrogen and oxygen atoms in total. The Kier molecular flexibility index (Phi) is 6.06. The zero-order valence-electron chi connectivity index (χ0n) is 4.50. The Morgan fingerprint density at radius 1 is 1.88 bits per heavy atom. The Balaban J connectivity index is 3.01. The highest BCUT2D eigenvalue weighted by atomic mass is 32.3. The maximum absolute atomic E-state index is 8.10. The van der Waals surface area contributed by atoms with Crippen LogP contribution in [0.3, 0.4) is 0 Å². The molecule has 0 radical (unpaired) electrons. The molecule has 0 fully saturated rings. The van der Waals surface area contributed by atoms with Gasteiger partial charge in [0.05, 0.1) is 15.7 Å². The lowest BCUT2D eigenvalue weighted by Gasteiger charge is -2.00. The molecule has 0 heterocycles. The molecule has 0 bridgehead atoms. The first-order chi connectivity index (χ1) is 3.81. The van der Waals surface area contributed by atoms with E-state index in [9.17, 15) is 0 Å². The van der Waals surface area contributed by atoms with Crippen molar-refractivity contribution in [3.8, 4) is 6.07 Å². The molecule has 0 aliphatic heterocycles. The zero-order valence-corrected chi connectivity index (χ0v) is 7.02. The minimum atomic E-state index is 0.259. The number of nitriles is 1. The Morgan fingerprint density at radius 3 is 2.88 bits per heavy atom. The largest absolute Gasteiger partial charge is 0.197 e. The van der Waals surface area contributed by atoms with Crippen molar-refractivity contribution in [2.24, 2.45) is 0 Å². The van der Waals surface area contributed by atoms with Gasteiger partial charge in [0.25, 0.3) is 0 Å². The predicted octanol–water partition coefficient (Wildman–Crippen LogP) is 1.82. The van der Waals surface area contributed by atoms with E-state index in [4.69, 9.17) is 5.26 Å². The van der Waals surface area contributed by atoms with Gasteiger partial charge in [0.15, 0.2) is 0 Å². The minimum Gasteiger partial charge on any atom is -0.197 e. The van der Waals surface area contributed by atoms with Gasteiger partial charge in [-0.1, -0.05) is 0 Å². The van der Waals surface area contributed by atoms with Crippen LogP contribution in [0.1, 0.15) is 0 Å². The molecule has 0 aromatic heterocycles. The molecule has 0 saturated heterocycles. The molecule has 0 aromatic rings. The van der Waals surface area contributed by atoms with Crippen molar-refractivity contribution in [2.45, 2.75) is 3.91 Å². The Morgan fingerprint density at radius 2 is 2.50 bits per heavy atom. The van der Waals surface area contributed by atoms with Crippen molar-refractivity contribution in [1.29, 1.82) is 5.26 Å². The van der Waals surface area contributed by atoms with Crippen LogP contribution in [-0.2, 0) is 0 Å². The first-order valence-electron chi connectivity index (χ1n) is 2.00. The molecule has 8 heavy (non-hydrogen) atoms. The van der Waals surface area contributed by atoms with Gasteiger partial charge in [-0.25, -0.2) is 0 Å². The van der Waals surface area contributed by atoms with E-state index in [0.717, 1.165) is 0 Å². The lowest BCUT2D eigenvalue weighted by molar-refractivity contribution is 1.50. The first kappa shape index (κ1) is 8.54. The van der Waals surface area contributed by atoms with Crippen LogP contribution >= 0.6 is 36.2 Å². The Hall–Kier alpha value is 0.540. The van der Waals surface area contributed by atoms with Gasteiger partial charge in [-0.15, -0.1) is 23.5 Å². The molecule has 0 amide bonds. The molecule has 0 aromatic carbocycles. The maximum atomic E-state index is 8.10. The summed E-state index contributed by atoms with van der Waals surface area (Å²) in [6, 6.07) is 2.03. The third kappa shape index (κ3) is 4.69. The second-order valence-electron chi connectivity index (χ2n) is 1.01. The minimum absolute atomic E-state index is 0.259. The molecular weight excluding hydrogens is 158 g/mol. The predicted molar refractivity (Wildman–Crippen MR) is 44.4 cm³/mol. The molecule has 4 heteroatoms. The van der Waals surface area contributed by atoms with Crippen LogP contribution in [0.15, 0.2) is 0 Å². The second kappa shape index (κ2) is 5.67. The van der Waals surface area contributed by atoms with Gasteiger partial charge >= 0.3 is 0 Å². The normalized spacial score (nSPS) is 12.6. The number of thioether (sulfide) groups is 2. The SMILES string of the molecule is CSC(S)SCC#N. The summed E-state index contributed by atoms with van der Waals surface area (Å²) in [5, 5.41) is 8.10. The van der Waals surface area contributed by atoms with Gasteiger partial charge in [-0.05, 0) is 6.26 Å². The van der Waals surface area contributed by atoms with Crippen LogP contribution in [0.4, 0.5) is 0 Å². The number of rotatable bonds is 3. The molecular formula is C4H7NS3. The standard InChI is InChI=1S/C4H7NS3/c1-7-4(6)8-3-2-5/h4,6H,3H2,1H3. The lowest BCUT2D eigenvalue weighted by Crippen LogP contribution is -1.82. The number of nitrogens with zero attached hydrogens (tertiary/aromatic N) is 1. The number of thiol groups is 1. The quantitative estimate of drug-likeness (QED) is 0.510. The van der Waals surface area contributed by atoms with Gasteiger partial charge in [-0.2, -0.15) is 17.9 Å². The summed E-state index contributed by atoms with van der Waals surface area (Å²) in [5.41, 5.74) is 0. The van der Waals surface area contributed by atoms with Crippen molar-refractivity contribution < 1.29 is 0 Å². The van der Waals surface area contributed by atoms with Crippen molar-refractivity contribution in [1.82, 2.24) is 0 Å². The van der Waals surface area contributed by atoms with E-state index < -0.39 is 0 Å². The topological polar surface area (TPSA) is 23.8 Å². The summed E-state index contributed by atoms with van der Waals surface area (Å²) in [6.07, 6.45) is 1.97. The highest BCUT2D eigenvalue weighted by Gasteiger charge is 1.96. The highest BCUT2D eigenvalue weighted by Crippen LogP contribution is 2.23. The van der Waals surface area contributed by atoms with Crippen LogP contribution in [0, 0.1) is 11.3 Å². The van der Waals surface area contributed by atoms with E-state index in [2.05, 4.69) is 12.6 Å². The van der Waals surface area contributed by atoms with Crippen molar-refractivity contribution in [3.05, 3.63) is 0 Å². The van der Waals surface area contributed by atoms with E-state index >= 15 is 0 Å². The summed E-state index contributed by atoms with van der Waals surface area (Å²) >= 11 is 7.32. The van der Waals surface area contributed by atoms with Crippen LogP contribution in [0.2, 0.25) is 0 Å². The van der Waals surface area contributed by atoms with Crippen LogP contribution in [0.5, 0.6) is 0 Å². The summed E-state index contributed by atoms with van der Waals surface area (Å²) < 4.78 is 0.259. The summed E-state index contributed by atoms with van der Waals surface area (Å²) in [5.74, 6) is 0.537. The molecule has 1 atom stereocenters. The van der Waals surface area contributed by atoms with Gasteiger partial charge in [-0.3, -0.25) is 0 Å². The monoisotopic (exact) mass is 165 g/mol. The van der Waals surface area contributed by atoms with Gasteiger partial charge in [0.1, 0.15) is 0 Å². The molecule has 0 rings (SSSR count). The summed E-state index contributed by atoms with van der Waals surface area (Å²) in [6.45, 7) is 0. The molecule has 0 aliphatic carbocycles. The lowest BCUT2D eigenvalue weighted by atomic mass is 10.9. The van der Waals surface area contributed by atoms with E-state index in [1.807, 2.05) is 12.3 Å². The fraction of sp³-hybridized carbons (Fsp3) is 0.750. The van der Waals surface area contributed by atoms with Crippen molar-refractivity contribution >= 4 is 36.2 Å². The average Bonchev–Trinajstić information content (AvgIpc) is 1.83. The second-order valence-corrected chi connectivity index (χ2v) is 4.56. The molecule has 1 unspecified atom stereocenters. The van der Waals surface area contributed by atoms with Gasteiger partial charge in [0, 0.05) is 0 Å². The van der Waals surface area contributed by atoms with Gasteiger partial charge in [0.2, 0.25) is 0 Å². The molecule has 0 spiro atoms. The molecule has 0 N–H and O–H groups in total. The Labute approximate surface area is 63.6 Å². The van der Waals surface area contributed by atoms with Crippen molar-refractivity contribution in [2.75, 3.05) is 12.0 Å². The van der Waals surface area contributed by atoms with Crippen LogP contribution < -0.4 is 0 Å². The smallest absolute Gasteiger partial charge is 0.0935 e. The zero-order chi connectivity index (χ0) is 6.41. The van der Waals surface area contributed by atoms with E-state index in [0.29, 0.717) is 5.75 Å². The summed E-state index contributed by atoms with van der Waals surface area (Å²) in [7, 11) is 0. The van der Waals surface area contributed by atoms with Crippen LogP contribution in [-0.4, -0.2) is 15.9 Å². The summed E-state index contributed by atoms with van der Waals surface area (Å²) in [4.78, 5) is 0. The number of hydrogen-bond acceptors (Lipinski definition) is 4. The Bertz CT molecular complexity index is 87.8. The number of hydrogen-bond donors (Lipinski definition) is 1. The van der Waals surface area contributed by atoms with Crippen molar-refractivity contribution in [3.63, 3.8) is 0 Å². The average molecular weight is 165 g/mol. The fourth-order valence-electron chi connectivity index (χ4n) is 0.177. The first-order valence-corrected chi connectivity index (χ1v) is 4.86. The van der Waals surface area contributed by atoms with E-state index in [1.165, 1.54) is 0 Å². The van der Waals surface area contributed by atoms with Crippen LogP contribution in [0.25, 0.3) is 0 Å². The molecule has 46 valence electrons. The molecule has 0 aliphatic rings.